The number of carbonyl (C=O) groups excluding carboxylic acids is 1. The molecular formula is C19H28FN3O2. The third-order valence-electron chi connectivity index (χ3n) is 5.18. The highest BCUT2D eigenvalue weighted by atomic mass is 19.1. The van der Waals surface area contributed by atoms with Gasteiger partial charge < -0.3 is 9.64 Å². The summed E-state index contributed by atoms with van der Waals surface area (Å²) in [6.45, 7) is 6.73. The summed E-state index contributed by atoms with van der Waals surface area (Å²) in [6.07, 6.45) is 1.94. The van der Waals surface area contributed by atoms with Gasteiger partial charge in [-0.3, -0.25) is 14.6 Å². The Bertz CT molecular complexity index is 560. The number of carbonyl (C=O) groups is 1. The summed E-state index contributed by atoms with van der Waals surface area (Å²) in [5.74, 6) is -0.0199. The molecule has 0 spiro atoms. The van der Waals surface area contributed by atoms with Gasteiger partial charge in [-0.15, -0.1) is 0 Å². The zero-order chi connectivity index (χ0) is 17.6. The molecule has 0 aromatic heterocycles. The van der Waals surface area contributed by atoms with Crippen LogP contribution in [0.3, 0.4) is 0 Å². The standard InChI is InChI=1S/C19H28FN3O2/c1-21(9-10-22-11-13-25-14-12-22)19(24)18-3-2-8-23(18)15-16-4-6-17(20)7-5-16/h4-7,18H,2-3,8-15H2,1H3/t18-/m1/s1. The van der Waals surface area contributed by atoms with Gasteiger partial charge in [-0.2, -0.15) is 0 Å². The van der Waals surface area contributed by atoms with Gasteiger partial charge in [-0.05, 0) is 37.1 Å². The van der Waals surface area contributed by atoms with Crippen molar-refractivity contribution in [2.24, 2.45) is 0 Å². The van der Waals surface area contributed by atoms with Crippen LogP contribution in [0.15, 0.2) is 24.3 Å². The molecule has 6 heteroatoms. The molecule has 2 saturated heterocycles. The number of halogens is 1. The molecule has 1 atom stereocenters. The molecule has 0 radical (unpaired) electrons. The number of morpholine rings is 1. The first-order valence-corrected chi connectivity index (χ1v) is 9.17. The van der Waals surface area contributed by atoms with E-state index in [0.29, 0.717) is 6.54 Å². The quantitative estimate of drug-likeness (QED) is 0.781. The topological polar surface area (TPSA) is 36.0 Å². The molecule has 1 amide bonds. The van der Waals surface area contributed by atoms with E-state index in [1.54, 1.807) is 12.1 Å². The van der Waals surface area contributed by atoms with Crippen LogP contribution in [0.4, 0.5) is 4.39 Å². The third kappa shape index (κ3) is 5.00. The monoisotopic (exact) mass is 349 g/mol. The zero-order valence-corrected chi connectivity index (χ0v) is 15.0. The highest BCUT2D eigenvalue weighted by molar-refractivity contribution is 5.82. The van der Waals surface area contributed by atoms with Crippen molar-refractivity contribution in [1.29, 1.82) is 0 Å². The van der Waals surface area contributed by atoms with Gasteiger partial charge in [0.15, 0.2) is 0 Å². The van der Waals surface area contributed by atoms with E-state index < -0.39 is 0 Å². The molecule has 3 rings (SSSR count). The minimum Gasteiger partial charge on any atom is -0.379 e. The van der Waals surface area contributed by atoms with Gasteiger partial charge in [0.2, 0.25) is 5.91 Å². The Balaban J connectivity index is 1.51. The summed E-state index contributed by atoms with van der Waals surface area (Å²) >= 11 is 0. The minimum atomic E-state index is -0.222. The van der Waals surface area contributed by atoms with Gasteiger partial charge >= 0.3 is 0 Å². The van der Waals surface area contributed by atoms with Crippen LogP contribution in [-0.4, -0.2) is 79.6 Å². The summed E-state index contributed by atoms with van der Waals surface area (Å²) in [4.78, 5) is 19.3. The van der Waals surface area contributed by atoms with Crippen LogP contribution in [0.2, 0.25) is 0 Å². The van der Waals surface area contributed by atoms with Crippen LogP contribution in [0.25, 0.3) is 0 Å². The second kappa shape index (κ2) is 8.74. The first kappa shape index (κ1) is 18.3. The van der Waals surface area contributed by atoms with Gasteiger partial charge in [0.05, 0.1) is 19.3 Å². The molecule has 2 fully saturated rings. The highest BCUT2D eigenvalue weighted by Crippen LogP contribution is 2.21. The van der Waals surface area contributed by atoms with Crippen molar-refractivity contribution in [2.45, 2.75) is 25.4 Å². The number of hydrogen-bond donors (Lipinski definition) is 0. The average Bonchev–Trinajstić information content (AvgIpc) is 3.10. The lowest BCUT2D eigenvalue weighted by molar-refractivity contribution is -0.135. The lowest BCUT2D eigenvalue weighted by atomic mass is 10.1. The third-order valence-corrected chi connectivity index (χ3v) is 5.18. The second-order valence-corrected chi connectivity index (χ2v) is 6.97. The van der Waals surface area contributed by atoms with E-state index in [-0.39, 0.29) is 17.8 Å². The van der Waals surface area contributed by atoms with Crippen molar-refractivity contribution in [1.82, 2.24) is 14.7 Å². The summed E-state index contributed by atoms with van der Waals surface area (Å²) in [5.41, 5.74) is 1.05. The average molecular weight is 349 g/mol. The fourth-order valence-electron chi connectivity index (χ4n) is 3.60. The van der Waals surface area contributed by atoms with Gasteiger partial charge in [0, 0.05) is 39.8 Å². The predicted octanol–water partition coefficient (Wildman–Crippen LogP) is 1.58. The molecule has 1 aromatic rings. The Morgan fingerprint density at radius 2 is 1.96 bits per heavy atom. The molecule has 0 N–H and O–H groups in total. The molecule has 5 nitrogen and oxygen atoms in total. The maximum atomic E-state index is 13.1. The van der Waals surface area contributed by atoms with Crippen molar-refractivity contribution in [2.75, 3.05) is 53.0 Å². The van der Waals surface area contributed by atoms with E-state index in [4.69, 9.17) is 4.74 Å². The van der Waals surface area contributed by atoms with Crippen molar-refractivity contribution < 1.29 is 13.9 Å². The van der Waals surface area contributed by atoms with Gasteiger partial charge in [-0.25, -0.2) is 4.39 Å². The van der Waals surface area contributed by atoms with E-state index in [9.17, 15) is 9.18 Å². The number of nitrogens with zero attached hydrogens (tertiary/aromatic N) is 3. The number of ether oxygens (including phenoxy) is 1. The van der Waals surface area contributed by atoms with Crippen molar-refractivity contribution in [3.63, 3.8) is 0 Å². The Morgan fingerprint density at radius 1 is 1.24 bits per heavy atom. The van der Waals surface area contributed by atoms with Crippen LogP contribution in [0.5, 0.6) is 0 Å². The molecule has 138 valence electrons. The van der Waals surface area contributed by atoms with E-state index >= 15 is 0 Å². The fraction of sp³-hybridized carbons (Fsp3) is 0.632. The Kier molecular flexibility index (Phi) is 6.39. The van der Waals surface area contributed by atoms with Crippen LogP contribution >= 0.6 is 0 Å². The van der Waals surface area contributed by atoms with E-state index in [1.165, 1.54) is 12.1 Å². The second-order valence-electron chi connectivity index (χ2n) is 6.97. The Labute approximate surface area is 149 Å². The largest absolute Gasteiger partial charge is 0.379 e. The number of amides is 1. The maximum absolute atomic E-state index is 13.1. The molecule has 0 saturated carbocycles. The molecular weight excluding hydrogens is 321 g/mol. The van der Waals surface area contributed by atoms with E-state index in [0.717, 1.165) is 64.3 Å². The van der Waals surface area contributed by atoms with Crippen LogP contribution in [0.1, 0.15) is 18.4 Å². The number of likely N-dealkylation sites (N-methyl/N-ethyl adjacent to an activating group) is 1. The molecule has 2 heterocycles. The van der Waals surface area contributed by atoms with E-state index in [2.05, 4.69) is 9.80 Å². The normalized spacial score (nSPS) is 22.2. The molecule has 0 aliphatic carbocycles. The SMILES string of the molecule is CN(CCN1CCOCC1)C(=O)[C@H]1CCCN1Cc1ccc(F)cc1. The minimum absolute atomic E-state index is 0.0558. The Morgan fingerprint density at radius 3 is 2.68 bits per heavy atom. The maximum Gasteiger partial charge on any atom is 0.239 e. The van der Waals surface area contributed by atoms with Crippen LogP contribution in [0, 0.1) is 5.82 Å². The lowest BCUT2D eigenvalue weighted by Gasteiger charge is -2.31. The predicted molar refractivity (Wildman–Crippen MR) is 94.7 cm³/mol. The van der Waals surface area contributed by atoms with Crippen molar-refractivity contribution in [3.05, 3.63) is 35.6 Å². The first-order valence-electron chi connectivity index (χ1n) is 9.17. The van der Waals surface area contributed by atoms with E-state index in [1.807, 2.05) is 11.9 Å². The van der Waals surface area contributed by atoms with Gasteiger partial charge in [-0.1, -0.05) is 12.1 Å². The smallest absolute Gasteiger partial charge is 0.239 e. The number of hydrogen-bond acceptors (Lipinski definition) is 4. The first-order chi connectivity index (χ1) is 12.1. The molecule has 2 aliphatic heterocycles. The van der Waals surface area contributed by atoms with Crippen LogP contribution in [-0.2, 0) is 16.1 Å². The summed E-state index contributed by atoms with van der Waals surface area (Å²) in [6, 6.07) is 6.52. The van der Waals surface area contributed by atoms with Crippen molar-refractivity contribution >= 4 is 5.91 Å². The number of benzene rings is 1. The lowest BCUT2D eigenvalue weighted by Crippen LogP contribution is -2.47. The Hall–Kier alpha value is -1.50. The number of likely N-dealkylation sites (tertiary alicyclic amines) is 1. The summed E-state index contributed by atoms with van der Waals surface area (Å²) in [5, 5.41) is 0. The zero-order valence-electron chi connectivity index (χ0n) is 15.0. The fourth-order valence-corrected chi connectivity index (χ4v) is 3.60. The molecule has 2 aliphatic rings. The molecule has 0 bridgehead atoms. The highest BCUT2D eigenvalue weighted by Gasteiger charge is 2.32. The summed E-state index contributed by atoms with van der Waals surface area (Å²) in [7, 11) is 1.90. The van der Waals surface area contributed by atoms with Crippen LogP contribution < -0.4 is 0 Å². The van der Waals surface area contributed by atoms with Crippen molar-refractivity contribution in [3.8, 4) is 0 Å². The molecule has 0 unspecified atom stereocenters. The number of rotatable bonds is 6. The van der Waals surface area contributed by atoms with Gasteiger partial charge in [0.1, 0.15) is 5.82 Å². The summed E-state index contributed by atoms with van der Waals surface area (Å²) < 4.78 is 18.4. The van der Waals surface area contributed by atoms with Gasteiger partial charge in [0.25, 0.3) is 0 Å². The molecule has 25 heavy (non-hydrogen) atoms. The molecule has 1 aromatic carbocycles.